The molecule has 0 amide bonds. The van der Waals surface area contributed by atoms with E-state index in [9.17, 15) is 10.1 Å². The molecule has 1 aliphatic rings. The molecule has 0 atom stereocenters. The zero-order valence-electron chi connectivity index (χ0n) is 9.49. The Bertz CT molecular complexity index is 419. The first kappa shape index (κ1) is 12.5. The van der Waals surface area contributed by atoms with Crippen molar-refractivity contribution in [1.29, 1.82) is 0 Å². The van der Waals surface area contributed by atoms with Crippen LogP contribution in [0.3, 0.4) is 0 Å². The van der Waals surface area contributed by atoms with Gasteiger partial charge in [0.15, 0.2) is 0 Å². The lowest BCUT2D eigenvalue weighted by atomic mass is 10.2. The first-order chi connectivity index (χ1) is 8.18. The molecule has 0 aliphatic heterocycles. The van der Waals surface area contributed by atoms with Gasteiger partial charge in [-0.25, -0.2) is 0 Å². The highest BCUT2D eigenvalue weighted by molar-refractivity contribution is 9.10. The van der Waals surface area contributed by atoms with Gasteiger partial charge in [-0.2, -0.15) is 0 Å². The van der Waals surface area contributed by atoms with Crippen molar-refractivity contribution in [2.75, 3.05) is 6.54 Å². The standard InChI is InChI=1S/C12H15BrN2O2/c13-12-10(2-1-3-11(12)15(16)17)8-14-7-6-9-4-5-9/h1-3,9,14H,4-8H2. The van der Waals surface area contributed by atoms with E-state index in [1.165, 1.54) is 25.3 Å². The predicted octanol–water partition coefficient (Wildman–Crippen LogP) is 3.25. The quantitative estimate of drug-likeness (QED) is 0.498. The van der Waals surface area contributed by atoms with E-state index < -0.39 is 0 Å². The summed E-state index contributed by atoms with van der Waals surface area (Å²) in [7, 11) is 0. The zero-order valence-corrected chi connectivity index (χ0v) is 11.1. The second-order valence-corrected chi connectivity index (χ2v) is 5.21. The highest BCUT2D eigenvalue weighted by Crippen LogP contribution is 2.32. The van der Waals surface area contributed by atoms with Crippen LogP contribution in [-0.2, 0) is 6.54 Å². The lowest BCUT2D eigenvalue weighted by Crippen LogP contribution is -2.15. The maximum Gasteiger partial charge on any atom is 0.283 e. The van der Waals surface area contributed by atoms with Gasteiger partial charge in [-0.15, -0.1) is 0 Å². The minimum Gasteiger partial charge on any atom is -0.313 e. The van der Waals surface area contributed by atoms with Gasteiger partial charge in [-0.1, -0.05) is 25.0 Å². The molecular weight excluding hydrogens is 284 g/mol. The summed E-state index contributed by atoms with van der Waals surface area (Å²) in [5.41, 5.74) is 1.07. The number of halogens is 1. The number of nitro benzene ring substituents is 1. The van der Waals surface area contributed by atoms with Crippen molar-refractivity contribution in [2.24, 2.45) is 5.92 Å². The number of rotatable bonds is 6. The van der Waals surface area contributed by atoms with Crippen molar-refractivity contribution >= 4 is 21.6 Å². The first-order valence-electron chi connectivity index (χ1n) is 5.81. The summed E-state index contributed by atoms with van der Waals surface area (Å²) >= 11 is 3.29. The van der Waals surface area contributed by atoms with Crippen molar-refractivity contribution < 1.29 is 4.92 Å². The molecule has 5 heteroatoms. The number of nitrogens with one attached hydrogen (secondary N) is 1. The highest BCUT2D eigenvalue weighted by Gasteiger charge is 2.20. The van der Waals surface area contributed by atoms with Gasteiger partial charge in [0, 0.05) is 12.6 Å². The normalized spacial score (nSPS) is 14.9. The molecule has 0 unspecified atom stereocenters. The van der Waals surface area contributed by atoms with Gasteiger partial charge in [0.05, 0.1) is 9.40 Å². The maximum absolute atomic E-state index is 10.8. The Balaban J connectivity index is 1.90. The molecule has 1 aromatic rings. The average molecular weight is 299 g/mol. The van der Waals surface area contributed by atoms with E-state index in [1.807, 2.05) is 6.07 Å². The Hall–Kier alpha value is -0.940. The van der Waals surface area contributed by atoms with Crippen molar-refractivity contribution in [3.8, 4) is 0 Å². The molecule has 92 valence electrons. The van der Waals surface area contributed by atoms with Gasteiger partial charge in [0.1, 0.15) is 0 Å². The smallest absolute Gasteiger partial charge is 0.283 e. The van der Waals surface area contributed by atoms with E-state index in [2.05, 4.69) is 21.2 Å². The van der Waals surface area contributed by atoms with Crippen LogP contribution < -0.4 is 5.32 Å². The van der Waals surface area contributed by atoms with Gasteiger partial charge >= 0.3 is 0 Å². The molecule has 1 saturated carbocycles. The second-order valence-electron chi connectivity index (χ2n) is 4.42. The topological polar surface area (TPSA) is 55.2 Å². The van der Waals surface area contributed by atoms with Crippen LogP contribution in [0.25, 0.3) is 0 Å². The highest BCUT2D eigenvalue weighted by atomic mass is 79.9. The summed E-state index contributed by atoms with van der Waals surface area (Å²) < 4.78 is 0.587. The van der Waals surface area contributed by atoms with Crippen LogP contribution in [0.1, 0.15) is 24.8 Å². The van der Waals surface area contributed by atoms with E-state index in [0.29, 0.717) is 11.0 Å². The molecule has 2 rings (SSSR count). The Morgan fingerprint density at radius 2 is 2.24 bits per heavy atom. The Kier molecular flexibility index (Phi) is 4.12. The number of nitro groups is 1. The van der Waals surface area contributed by atoms with Crippen molar-refractivity contribution in [3.63, 3.8) is 0 Å². The number of hydrogen-bond acceptors (Lipinski definition) is 3. The van der Waals surface area contributed by atoms with E-state index >= 15 is 0 Å². The molecule has 0 spiro atoms. The van der Waals surface area contributed by atoms with Crippen LogP contribution in [-0.4, -0.2) is 11.5 Å². The van der Waals surface area contributed by atoms with E-state index in [1.54, 1.807) is 6.07 Å². The Morgan fingerprint density at radius 3 is 2.88 bits per heavy atom. The SMILES string of the molecule is O=[N+]([O-])c1cccc(CNCCC2CC2)c1Br. The van der Waals surface area contributed by atoms with Gasteiger partial charge in [-0.3, -0.25) is 10.1 Å². The molecule has 1 aliphatic carbocycles. The zero-order chi connectivity index (χ0) is 12.3. The molecule has 1 aromatic carbocycles. The Labute approximate surface area is 109 Å². The van der Waals surface area contributed by atoms with Crippen molar-refractivity contribution in [2.45, 2.75) is 25.8 Å². The average Bonchev–Trinajstić information content (AvgIpc) is 3.10. The van der Waals surface area contributed by atoms with Gasteiger partial charge < -0.3 is 5.32 Å². The lowest BCUT2D eigenvalue weighted by molar-refractivity contribution is -0.385. The van der Waals surface area contributed by atoms with Crippen LogP contribution in [0.2, 0.25) is 0 Å². The molecule has 0 aromatic heterocycles. The summed E-state index contributed by atoms with van der Waals surface area (Å²) in [6.45, 7) is 1.66. The number of nitrogens with zero attached hydrogens (tertiary/aromatic N) is 1. The summed E-state index contributed by atoms with van der Waals surface area (Å²) in [5.74, 6) is 0.913. The fourth-order valence-corrected chi connectivity index (χ4v) is 2.33. The summed E-state index contributed by atoms with van der Waals surface area (Å²) in [4.78, 5) is 10.4. The summed E-state index contributed by atoms with van der Waals surface area (Å²) in [5, 5.41) is 14.1. The van der Waals surface area contributed by atoms with E-state index in [-0.39, 0.29) is 10.6 Å². The van der Waals surface area contributed by atoms with Gasteiger partial charge in [0.25, 0.3) is 5.69 Å². The third kappa shape index (κ3) is 3.51. The lowest BCUT2D eigenvalue weighted by Gasteiger charge is -2.06. The molecule has 1 fully saturated rings. The maximum atomic E-state index is 10.8. The van der Waals surface area contributed by atoms with Gasteiger partial charge in [0.2, 0.25) is 0 Å². The molecule has 4 nitrogen and oxygen atoms in total. The molecular formula is C12H15BrN2O2. The molecule has 0 radical (unpaired) electrons. The third-order valence-corrected chi connectivity index (χ3v) is 3.91. The van der Waals surface area contributed by atoms with E-state index in [4.69, 9.17) is 0 Å². The first-order valence-corrected chi connectivity index (χ1v) is 6.60. The third-order valence-electron chi connectivity index (χ3n) is 3.00. The second kappa shape index (κ2) is 5.60. The van der Waals surface area contributed by atoms with Crippen molar-refractivity contribution in [3.05, 3.63) is 38.3 Å². The number of benzene rings is 1. The van der Waals surface area contributed by atoms with Crippen LogP contribution in [0.4, 0.5) is 5.69 Å². The largest absolute Gasteiger partial charge is 0.313 e. The number of hydrogen-bond donors (Lipinski definition) is 1. The Morgan fingerprint density at radius 1 is 1.47 bits per heavy atom. The summed E-state index contributed by atoms with van der Waals surface area (Å²) in [6.07, 6.45) is 3.94. The molecule has 0 saturated heterocycles. The summed E-state index contributed by atoms with van der Waals surface area (Å²) in [6, 6.07) is 5.14. The fourth-order valence-electron chi connectivity index (χ4n) is 1.78. The minimum absolute atomic E-state index is 0.131. The van der Waals surface area contributed by atoms with E-state index in [0.717, 1.165) is 18.0 Å². The molecule has 1 N–H and O–H groups in total. The minimum atomic E-state index is -0.363. The van der Waals surface area contributed by atoms with Crippen LogP contribution in [0.5, 0.6) is 0 Å². The molecule has 0 bridgehead atoms. The van der Waals surface area contributed by atoms with Crippen molar-refractivity contribution in [1.82, 2.24) is 5.32 Å². The van der Waals surface area contributed by atoms with Gasteiger partial charge in [-0.05, 0) is 40.4 Å². The van der Waals surface area contributed by atoms with Crippen LogP contribution in [0.15, 0.2) is 22.7 Å². The molecule has 17 heavy (non-hydrogen) atoms. The molecule has 0 heterocycles. The monoisotopic (exact) mass is 298 g/mol. The van der Waals surface area contributed by atoms with Crippen LogP contribution >= 0.6 is 15.9 Å². The fraction of sp³-hybridized carbons (Fsp3) is 0.500. The predicted molar refractivity (Wildman–Crippen MR) is 69.8 cm³/mol. The van der Waals surface area contributed by atoms with Crippen LogP contribution in [0, 0.1) is 16.0 Å².